The van der Waals surface area contributed by atoms with Gasteiger partial charge >= 0.3 is 0 Å². The Morgan fingerprint density at radius 3 is 2.83 bits per heavy atom. The van der Waals surface area contributed by atoms with Gasteiger partial charge in [0.1, 0.15) is 15.3 Å². The number of aromatic amines is 1. The zero-order valence-corrected chi connectivity index (χ0v) is 14.7. The molecular formula is C17H20N4OS. The maximum Gasteiger partial charge on any atom is 0.268 e. The molecule has 120 valence electrons. The monoisotopic (exact) mass is 328 g/mol. The standard InChI is InChI=1S/C17H20N4OS/c1-5-21(4)14-10-7-17(2,3)6-9(10)11-12-13(23-16(11)20-14)15(22)19-8-18-12/h8H,5-7H2,1-4H3,(H,18,19,22). The second-order valence-electron chi connectivity index (χ2n) is 7.12. The smallest absolute Gasteiger partial charge is 0.268 e. The molecule has 3 aromatic heterocycles. The molecule has 1 N–H and O–H groups in total. The average Bonchev–Trinajstić information content (AvgIpc) is 3.02. The van der Waals surface area contributed by atoms with Crippen molar-refractivity contribution in [1.82, 2.24) is 15.0 Å². The maximum atomic E-state index is 12.1. The molecule has 0 saturated carbocycles. The van der Waals surface area contributed by atoms with Crippen molar-refractivity contribution < 1.29 is 0 Å². The molecule has 0 amide bonds. The lowest BCUT2D eigenvalue weighted by Gasteiger charge is -2.20. The highest BCUT2D eigenvalue weighted by atomic mass is 32.1. The minimum atomic E-state index is -0.0746. The van der Waals surface area contributed by atoms with Crippen molar-refractivity contribution in [1.29, 1.82) is 0 Å². The molecule has 0 fully saturated rings. The minimum absolute atomic E-state index is 0.0746. The summed E-state index contributed by atoms with van der Waals surface area (Å²) in [4.78, 5) is 27.3. The van der Waals surface area contributed by atoms with Gasteiger partial charge in [0.05, 0.1) is 11.8 Å². The Morgan fingerprint density at radius 2 is 2.09 bits per heavy atom. The van der Waals surface area contributed by atoms with Crippen LogP contribution in [0.4, 0.5) is 5.82 Å². The molecule has 6 heteroatoms. The molecule has 23 heavy (non-hydrogen) atoms. The van der Waals surface area contributed by atoms with Gasteiger partial charge in [-0.25, -0.2) is 9.97 Å². The zero-order chi connectivity index (χ0) is 16.4. The van der Waals surface area contributed by atoms with E-state index in [2.05, 4.69) is 42.7 Å². The van der Waals surface area contributed by atoms with E-state index >= 15 is 0 Å². The van der Waals surface area contributed by atoms with Crippen molar-refractivity contribution in [3.05, 3.63) is 27.8 Å². The first kappa shape index (κ1) is 14.6. The van der Waals surface area contributed by atoms with Crippen LogP contribution in [0.2, 0.25) is 0 Å². The van der Waals surface area contributed by atoms with Crippen LogP contribution < -0.4 is 10.5 Å². The number of H-pyrrole nitrogens is 1. The Kier molecular flexibility index (Phi) is 3.04. The predicted molar refractivity (Wildman–Crippen MR) is 95.7 cm³/mol. The van der Waals surface area contributed by atoms with Crippen molar-refractivity contribution in [3.63, 3.8) is 0 Å². The molecule has 1 aliphatic carbocycles. The molecule has 0 aliphatic heterocycles. The summed E-state index contributed by atoms with van der Waals surface area (Å²) in [6.45, 7) is 7.64. The van der Waals surface area contributed by atoms with E-state index in [1.54, 1.807) is 0 Å². The van der Waals surface area contributed by atoms with Gasteiger partial charge in [-0.3, -0.25) is 4.79 Å². The second kappa shape index (κ2) is 4.77. The molecule has 0 spiro atoms. The molecule has 0 unspecified atom stereocenters. The van der Waals surface area contributed by atoms with E-state index in [0.29, 0.717) is 4.70 Å². The van der Waals surface area contributed by atoms with E-state index in [1.807, 2.05) is 0 Å². The number of rotatable bonds is 2. The number of anilines is 1. The highest BCUT2D eigenvalue weighted by molar-refractivity contribution is 7.25. The van der Waals surface area contributed by atoms with Gasteiger partial charge in [0, 0.05) is 19.0 Å². The van der Waals surface area contributed by atoms with E-state index < -0.39 is 0 Å². The fourth-order valence-corrected chi connectivity index (χ4v) is 4.63. The molecule has 4 rings (SSSR count). The Labute approximate surface area is 138 Å². The first-order valence-corrected chi connectivity index (χ1v) is 8.75. The van der Waals surface area contributed by atoms with E-state index in [-0.39, 0.29) is 11.0 Å². The number of nitrogens with one attached hydrogen (secondary N) is 1. The quantitative estimate of drug-likeness (QED) is 0.785. The highest BCUT2D eigenvalue weighted by Crippen LogP contribution is 2.46. The lowest BCUT2D eigenvalue weighted by atomic mass is 9.90. The third kappa shape index (κ3) is 2.08. The van der Waals surface area contributed by atoms with Crippen molar-refractivity contribution in [2.75, 3.05) is 18.5 Å². The Hall–Kier alpha value is -1.95. The van der Waals surface area contributed by atoms with Crippen LogP contribution in [0.3, 0.4) is 0 Å². The molecule has 3 aromatic rings. The average molecular weight is 328 g/mol. The van der Waals surface area contributed by atoms with Crippen LogP contribution >= 0.6 is 11.3 Å². The van der Waals surface area contributed by atoms with Crippen LogP contribution in [0.5, 0.6) is 0 Å². The van der Waals surface area contributed by atoms with Gasteiger partial charge in [0.25, 0.3) is 5.56 Å². The second-order valence-corrected chi connectivity index (χ2v) is 8.12. The summed E-state index contributed by atoms with van der Waals surface area (Å²) >= 11 is 1.45. The third-order valence-corrected chi connectivity index (χ3v) is 5.82. The number of nitrogens with zero attached hydrogens (tertiary/aromatic N) is 3. The molecule has 1 aliphatic rings. The van der Waals surface area contributed by atoms with Crippen molar-refractivity contribution in [2.45, 2.75) is 33.6 Å². The fraction of sp³-hybridized carbons (Fsp3) is 0.471. The van der Waals surface area contributed by atoms with Crippen LogP contribution in [0, 0.1) is 5.41 Å². The van der Waals surface area contributed by atoms with E-state index in [0.717, 1.165) is 40.9 Å². The fourth-order valence-electron chi connectivity index (χ4n) is 3.58. The van der Waals surface area contributed by atoms with E-state index in [1.165, 1.54) is 28.8 Å². The van der Waals surface area contributed by atoms with Crippen molar-refractivity contribution in [2.24, 2.45) is 5.41 Å². The van der Waals surface area contributed by atoms with Crippen molar-refractivity contribution in [3.8, 4) is 0 Å². The summed E-state index contributed by atoms with van der Waals surface area (Å²) < 4.78 is 0.679. The number of hydrogen-bond donors (Lipinski definition) is 1. The molecule has 3 heterocycles. The Balaban J connectivity index is 2.15. The number of aromatic nitrogens is 3. The molecule has 0 atom stereocenters. The lowest BCUT2D eigenvalue weighted by Crippen LogP contribution is -2.19. The van der Waals surface area contributed by atoms with Crippen LogP contribution in [0.25, 0.3) is 20.4 Å². The number of pyridine rings is 1. The Bertz CT molecular complexity index is 986. The van der Waals surface area contributed by atoms with Gasteiger partial charge in [-0.15, -0.1) is 11.3 Å². The highest BCUT2D eigenvalue weighted by Gasteiger charge is 2.34. The normalized spacial score (nSPS) is 16.2. The van der Waals surface area contributed by atoms with Crippen LogP contribution in [0.15, 0.2) is 11.1 Å². The summed E-state index contributed by atoms with van der Waals surface area (Å²) in [5.41, 5.74) is 3.61. The number of fused-ring (bicyclic) bond motifs is 5. The summed E-state index contributed by atoms with van der Waals surface area (Å²) in [7, 11) is 2.08. The third-order valence-electron chi connectivity index (χ3n) is 4.75. The van der Waals surface area contributed by atoms with Gasteiger partial charge in [-0.2, -0.15) is 0 Å². The summed E-state index contributed by atoms with van der Waals surface area (Å²) in [6, 6.07) is 0. The van der Waals surface area contributed by atoms with Gasteiger partial charge < -0.3 is 9.88 Å². The zero-order valence-electron chi connectivity index (χ0n) is 13.9. The maximum absolute atomic E-state index is 12.1. The first-order valence-electron chi connectivity index (χ1n) is 7.94. The molecular weight excluding hydrogens is 308 g/mol. The van der Waals surface area contributed by atoms with Gasteiger partial charge in [0.2, 0.25) is 0 Å². The minimum Gasteiger partial charge on any atom is -0.360 e. The van der Waals surface area contributed by atoms with Crippen LogP contribution in [-0.2, 0) is 12.8 Å². The number of thiophene rings is 1. The topological polar surface area (TPSA) is 61.9 Å². The molecule has 0 saturated heterocycles. The summed E-state index contributed by atoms with van der Waals surface area (Å²) in [6.07, 6.45) is 3.52. The molecule has 0 radical (unpaired) electrons. The lowest BCUT2D eigenvalue weighted by molar-refractivity contribution is 0.393. The van der Waals surface area contributed by atoms with E-state index in [4.69, 9.17) is 4.98 Å². The molecule has 0 aromatic carbocycles. The largest absolute Gasteiger partial charge is 0.360 e. The molecule has 5 nitrogen and oxygen atoms in total. The van der Waals surface area contributed by atoms with Gasteiger partial charge in [-0.05, 0) is 36.3 Å². The van der Waals surface area contributed by atoms with Gasteiger partial charge in [-0.1, -0.05) is 13.8 Å². The Morgan fingerprint density at radius 1 is 1.35 bits per heavy atom. The predicted octanol–water partition coefficient (Wildman–Crippen LogP) is 3.11. The van der Waals surface area contributed by atoms with Crippen LogP contribution in [0.1, 0.15) is 31.9 Å². The van der Waals surface area contributed by atoms with E-state index in [9.17, 15) is 4.79 Å². The summed E-state index contributed by atoms with van der Waals surface area (Å²) in [5.74, 6) is 1.06. The SMILES string of the molecule is CCN(C)c1nc2sc3c(=O)[nH]cnc3c2c2c1CC(C)(C)C2. The van der Waals surface area contributed by atoms with Crippen molar-refractivity contribution >= 4 is 37.6 Å². The summed E-state index contributed by atoms with van der Waals surface area (Å²) in [5, 5.41) is 1.09. The van der Waals surface area contributed by atoms with Crippen LogP contribution in [-0.4, -0.2) is 28.5 Å². The van der Waals surface area contributed by atoms with Gasteiger partial charge in [0.15, 0.2) is 0 Å². The number of hydrogen-bond acceptors (Lipinski definition) is 5. The molecule has 0 bridgehead atoms. The first-order chi connectivity index (χ1) is 10.9.